The van der Waals surface area contributed by atoms with E-state index in [2.05, 4.69) is 0 Å². The minimum absolute atomic E-state index is 0.0875. The number of carbonyl (C=O) groups excluding carboxylic acids is 2. The monoisotopic (exact) mass is 348 g/mol. The highest BCUT2D eigenvalue weighted by Crippen LogP contribution is 2.67. The van der Waals surface area contributed by atoms with Crippen LogP contribution < -0.4 is 0 Å². The van der Waals surface area contributed by atoms with Gasteiger partial charge in [-0.15, -0.1) is 0 Å². The van der Waals surface area contributed by atoms with Crippen molar-refractivity contribution in [3.05, 3.63) is 0 Å². The molecule has 0 saturated heterocycles. The summed E-state index contributed by atoms with van der Waals surface area (Å²) in [6.45, 7) is 3.84. The molecule has 4 nitrogen and oxygen atoms in total. The molecule has 25 heavy (non-hydrogen) atoms. The zero-order valence-electron chi connectivity index (χ0n) is 15.8. The molecule has 4 fully saturated rings. The summed E-state index contributed by atoms with van der Waals surface area (Å²) in [5.41, 5.74) is 0. The van der Waals surface area contributed by atoms with Crippen LogP contribution in [0.3, 0.4) is 0 Å². The molecule has 4 aliphatic carbocycles. The fourth-order valence-electron chi connectivity index (χ4n) is 7.04. The molecule has 0 aliphatic heterocycles. The minimum atomic E-state index is -0.252. The molecule has 0 spiro atoms. The molecule has 0 amide bonds. The summed E-state index contributed by atoms with van der Waals surface area (Å²) in [5, 5.41) is 0. The first-order valence-electron chi connectivity index (χ1n) is 10.3. The van der Waals surface area contributed by atoms with Gasteiger partial charge in [-0.2, -0.15) is 0 Å². The average molecular weight is 348 g/mol. The van der Waals surface area contributed by atoms with Crippen LogP contribution in [0.15, 0.2) is 0 Å². The second kappa shape index (κ2) is 6.59. The Bertz CT molecular complexity index is 544. The van der Waals surface area contributed by atoms with Crippen LogP contribution in [0.25, 0.3) is 0 Å². The van der Waals surface area contributed by atoms with E-state index in [0.29, 0.717) is 12.3 Å². The SMILES string of the molecule is CCC(CC(C)C(=O)OC)C(=O)OC1CC2CC1C1C3CCC(C3)C21. The molecule has 4 heteroatoms. The fourth-order valence-corrected chi connectivity index (χ4v) is 7.04. The molecule has 0 N–H and O–H groups in total. The summed E-state index contributed by atoms with van der Waals surface area (Å²) in [5.74, 6) is 4.32. The van der Waals surface area contributed by atoms with Crippen molar-refractivity contribution in [3.8, 4) is 0 Å². The number of hydrogen-bond donors (Lipinski definition) is 0. The highest BCUT2D eigenvalue weighted by atomic mass is 16.5. The van der Waals surface area contributed by atoms with Crippen molar-refractivity contribution in [1.29, 1.82) is 0 Å². The summed E-state index contributed by atoms with van der Waals surface area (Å²) in [7, 11) is 1.40. The second-order valence-corrected chi connectivity index (χ2v) is 9.12. The highest BCUT2D eigenvalue weighted by molar-refractivity contribution is 5.75. The lowest BCUT2D eigenvalue weighted by Crippen LogP contribution is -2.38. The molecule has 9 unspecified atom stereocenters. The molecule has 0 aromatic heterocycles. The standard InChI is InChI=1S/C21H32O4/c1-4-12(7-11(2)20(22)24-3)21(23)25-17-10-15-9-16(17)19-14-6-5-13(8-14)18(15)19/h11-19H,4-10H2,1-3H3. The maximum absolute atomic E-state index is 12.7. The molecule has 4 rings (SSSR count). The van der Waals surface area contributed by atoms with Gasteiger partial charge in [0, 0.05) is 0 Å². The molecule has 0 radical (unpaired) electrons. The van der Waals surface area contributed by atoms with Crippen LogP contribution in [0, 0.1) is 47.3 Å². The third-order valence-corrected chi connectivity index (χ3v) is 8.01. The van der Waals surface area contributed by atoms with E-state index < -0.39 is 0 Å². The molecule has 140 valence electrons. The molecule has 4 saturated carbocycles. The van der Waals surface area contributed by atoms with Crippen LogP contribution in [0.4, 0.5) is 0 Å². The Morgan fingerprint density at radius 2 is 1.72 bits per heavy atom. The Labute approximate surface area is 151 Å². The van der Waals surface area contributed by atoms with E-state index in [4.69, 9.17) is 9.47 Å². The lowest BCUT2D eigenvalue weighted by molar-refractivity contribution is -0.160. The third kappa shape index (κ3) is 2.80. The average Bonchev–Trinajstić information content (AvgIpc) is 3.36. The number of esters is 2. The maximum Gasteiger partial charge on any atom is 0.309 e. The second-order valence-electron chi connectivity index (χ2n) is 9.12. The van der Waals surface area contributed by atoms with E-state index in [-0.39, 0.29) is 29.9 Å². The van der Waals surface area contributed by atoms with Gasteiger partial charge in [0.05, 0.1) is 18.9 Å². The maximum atomic E-state index is 12.7. The smallest absolute Gasteiger partial charge is 0.309 e. The third-order valence-electron chi connectivity index (χ3n) is 8.01. The Hall–Kier alpha value is -1.06. The Morgan fingerprint density at radius 1 is 1.00 bits per heavy atom. The first-order chi connectivity index (χ1) is 12.0. The molecule has 9 atom stereocenters. The van der Waals surface area contributed by atoms with E-state index in [1.807, 2.05) is 13.8 Å². The molecule has 4 aliphatic rings. The van der Waals surface area contributed by atoms with Crippen molar-refractivity contribution >= 4 is 11.9 Å². The van der Waals surface area contributed by atoms with E-state index >= 15 is 0 Å². The van der Waals surface area contributed by atoms with E-state index in [1.54, 1.807) is 0 Å². The quantitative estimate of drug-likeness (QED) is 0.541. The lowest BCUT2D eigenvalue weighted by atomic mass is 9.70. The van der Waals surface area contributed by atoms with Gasteiger partial charge in [-0.3, -0.25) is 9.59 Å². The predicted octanol–water partition coefficient (Wildman–Crippen LogP) is 3.83. The topological polar surface area (TPSA) is 52.6 Å². The zero-order chi connectivity index (χ0) is 17.7. The number of hydrogen-bond acceptors (Lipinski definition) is 4. The minimum Gasteiger partial charge on any atom is -0.469 e. The van der Waals surface area contributed by atoms with Gasteiger partial charge in [0.2, 0.25) is 0 Å². The Morgan fingerprint density at radius 3 is 2.40 bits per heavy atom. The molecule has 4 bridgehead atoms. The molecule has 0 aromatic carbocycles. The van der Waals surface area contributed by atoms with Crippen molar-refractivity contribution in [2.75, 3.05) is 7.11 Å². The van der Waals surface area contributed by atoms with Crippen LogP contribution in [-0.4, -0.2) is 25.2 Å². The number of carbonyl (C=O) groups is 2. The molecular weight excluding hydrogens is 316 g/mol. The van der Waals surface area contributed by atoms with Gasteiger partial charge < -0.3 is 9.47 Å². The van der Waals surface area contributed by atoms with Crippen LogP contribution >= 0.6 is 0 Å². The molecule has 0 heterocycles. The predicted molar refractivity (Wildman–Crippen MR) is 93.5 cm³/mol. The summed E-state index contributed by atoms with van der Waals surface area (Å²) >= 11 is 0. The number of rotatable bonds is 6. The van der Waals surface area contributed by atoms with E-state index in [9.17, 15) is 9.59 Å². The normalized spacial score (nSPS) is 42.9. The number of ether oxygens (including phenoxy) is 2. The van der Waals surface area contributed by atoms with Crippen molar-refractivity contribution in [1.82, 2.24) is 0 Å². The Kier molecular flexibility index (Phi) is 4.57. The van der Waals surface area contributed by atoms with Gasteiger partial charge in [0.25, 0.3) is 0 Å². The largest absolute Gasteiger partial charge is 0.469 e. The van der Waals surface area contributed by atoms with Crippen LogP contribution in [0.2, 0.25) is 0 Å². The summed E-state index contributed by atoms with van der Waals surface area (Å²) in [6, 6.07) is 0. The van der Waals surface area contributed by atoms with Gasteiger partial charge in [-0.05, 0) is 80.5 Å². The van der Waals surface area contributed by atoms with Gasteiger partial charge in [0.1, 0.15) is 6.10 Å². The van der Waals surface area contributed by atoms with Crippen molar-refractivity contribution in [3.63, 3.8) is 0 Å². The Balaban J connectivity index is 1.36. The summed E-state index contributed by atoms with van der Waals surface area (Å²) in [6.07, 6.45) is 8.06. The summed E-state index contributed by atoms with van der Waals surface area (Å²) in [4.78, 5) is 24.4. The summed E-state index contributed by atoms with van der Waals surface area (Å²) < 4.78 is 10.8. The highest BCUT2D eigenvalue weighted by Gasteiger charge is 2.63. The van der Waals surface area contributed by atoms with E-state index in [0.717, 1.165) is 42.4 Å². The van der Waals surface area contributed by atoms with E-state index in [1.165, 1.54) is 32.8 Å². The van der Waals surface area contributed by atoms with Gasteiger partial charge in [-0.1, -0.05) is 13.8 Å². The molecular formula is C21H32O4. The molecule has 0 aromatic rings. The zero-order valence-corrected chi connectivity index (χ0v) is 15.8. The van der Waals surface area contributed by atoms with Crippen molar-refractivity contribution < 1.29 is 19.1 Å². The van der Waals surface area contributed by atoms with Gasteiger partial charge in [0.15, 0.2) is 0 Å². The van der Waals surface area contributed by atoms with Crippen LogP contribution in [0.5, 0.6) is 0 Å². The number of fused-ring (bicyclic) bond motifs is 9. The lowest BCUT2D eigenvalue weighted by Gasteiger charge is -2.38. The van der Waals surface area contributed by atoms with Gasteiger partial charge >= 0.3 is 11.9 Å². The van der Waals surface area contributed by atoms with Crippen LogP contribution in [0.1, 0.15) is 58.8 Å². The fraction of sp³-hybridized carbons (Fsp3) is 0.905. The number of methoxy groups -OCH3 is 1. The van der Waals surface area contributed by atoms with Crippen LogP contribution in [-0.2, 0) is 19.1 Å². The van der Waals surface area contributed by atoms with Gasteiger partial charge in [-0.25, -0.2) is 0 Å². The van der Waals surface area contributed by atoms with Crippen molar-refractivity contribution in [2.45, 2.75) is 64.9 Å². The first kappa shape index (κ1) is 17.4. The first-order valence-corrected chi connectivity index (χ1v) is 10.3. The van der Waals surface area contributed by atoms with Crippen molar-refractivity contribution in [2.24, 2.45) is 47.3 Å².